The van der Waals surface area contributed by atoms with Crippen molar-refractivity contribution in [3.8, 4) is 17.1 Å². The second-order valence-electron chi connectivity index (χ2n) is 7.48. The summed E-state index contributed by atoms with van der Waals surface area (Å²) in [5, 5.41) is 11.0. The fraction of sp³-hybridized carbons (Fsp3) is 0. The molecule has 0 bridgehead atoms. The van der Waals surface area contributed by atoms with Crippen LogP contribution in [0.15, 0.2) is 101 Å². The van der Waals surface area contributed by atoms with Crippen LogP contribution in [-0.4, -0.2) is 11.0 Å². The van der Waals surface area contributed by atoms with Crippen LogP contribution in [0.2, 0.25) is 10.0 Å². The van der Waals surface area contributed by atoms with Crippen LogP contribution in [0.5, 0.6) is 5.75 Å². The van der Waals surface area contributed by atoms with Gasteiger partial charge in [0.2, 0.25) is 0 Å². The van der Waals surface area contributed by atoms with Gasteiger partial charge in [-0.2, -0.15) is 0 Å². The Labute approximate surface area is 200 Å². The molecule has 0 aliphatic carbocycles. The lowest BCUT2D eigenvalue weighted by Gasteiger charge is -2.21. The van der Waals surface area contributed by atoms with Crippen molar-refractivity contribution in [3.05, 3.63) is 118 Å². The number of phenolic OH excluding ortho intramolecular Hbond substituents is 1. The van der Waals surface area contributed by atoms with Gasteiger partial charge in [0.25, 0.3) is 5.91 Å². The van der Waals surface area contributed by atoms with Crippen molar-refractivity contribution in [2.45, 2.75) is 0 Å². The van der Waals surface area contributed by atoms with Crippen LogP contribution in [0.4, 0.5) is 5.69 Å². The number of halogens is 2. The number of phenols is 1. The van der Waals surface area contributed by atoms with Crippen LogP contribution in [-0.2, 0) is 4.79 Å². The smallest absolute Gasteiger partial charge is 0.263 e. The fourth-order valence-electron chi connectivity index (χ4n) is 3.74. The van der Waals surface area contributed by atoms with Crippen LogP contribution in [0.1, 0.15) is 11.3 Å². The minimum absolute atomic E-state index is 0.0826. The number of hydrogen-bond acceptors (Lipinski definition) is 3. The number of carbonyl (C=O) groups excluding carboxylic acids is 1. The molecule has 0 spiro atoms. The lowest BCUT2D eigenvalue weighted by Crippen LogP contribution is -2.24. The van der Waals surface area contributed by atoms with Gasteiger partial charge < -0.3 is 9.52 Å². The van der Waals surface area contributed by atoms with E-state index in [4.69, 9.17) is 27.6 Å². The molecule has 1 aliphatic heterocycles. The van der Waals surface area contributed by atoms with E-state index in [0.717, 1.165) is 5.56 Å². The second kappa shape index (κ2) is 8.66. The Bertz CT molecular complexity index is 1420. The molecule has 4 nitrogen and oxygen atoms in total. The van der Waals surface area contributed by atoms with Gasteiger partial charge in [-0.3, -0.25) is 9.69 Å². The van der Waals surface area contributed by atoms with Crippen LogP contribution in [0.25, 0.3) is 23.1 Å². The number of furan rings is 1. The SMILES string of the molecule is O=C1/C(=C\c2ccc(-c3cc(Cl)ccc3Cl)o2)C=C(c2ccccc2)N1c1cccc(O)c1. The van der Waals surface area contributed by atoms with E-state index in [1.54, 1.807) is 65.6 Å². The van der Waals surface area contributed by atoms with Crippen molar-refractivity contribution < 1.29 is 14.3 Å². The number of rotatable bonds is 4. The number of carbonyl (C=O) groups is 1. The van der Waals surface area contributed by atoms with Gasteiger partial charge >= 0.3 is 0 Å². The number of nitrogens with zero attached hydrogens (tertiary/aromatic N) is 1. The van der Waals surface area contributed by atoms with E-state index in [1.807, 2.05) is 36.4 Å². The molecule has 1 N–H and O–H groups in total. The molecule has 33 heavy (non-hydrogen) atoms. The standard InChI is InChI=1S/C27H17Cl2NO3/c28-19-9-11-24(29)23(15-19)26-12-10-22(33-26)13-18-14-25(17-5-2-1-3-6-17)30(27(18)32)20-7-4-8-21(31)16-20/h1-16,31H/b18-13-. The summed E-state index contributed by atoms with van der Waals surface area (Å²) in [6.45, 7) is 0. The summed E-state index contributed by atoms with van der Waals surface area (Å²) in [7, 11) is 0. The van der Waals surface area contributed by atoms with Crippen molar-refractivity contribution in [1.82, 2.24) is 0 Å². The largest absolute Gasteiger partial charge is 0.508 e. The van der Waals surface area contributed by atoms with E-state index in [1.165, 1.54) is 0 Å². The zero-order valence-electron chi connectivity index (χ0n) is 17.2. The first-order chi connectivity index (χ1) is 16.0. The van der Waals surface area contributed by atoms with Crippen molar-refractivity contribution in [3.63, 3.8) is 0 Å². The third-order valence-electron chi connectivity index (χ3n) is 5.26. The van der Waals surface area contributed by atoms with Gasteiger partial charge in [-0.1, -0.05) is 59.6 Å². The highest BCUT2D eigenvalue weighted by Crippen LogP contribution is 2.37. The highest BCUT2D eigenvalue weighted by Gasteiger charge is 2.30. The molecule has 6 heteroatoms. The number of amides is 1. The van der Waals surface area contributed by atoms with Gasteiger partial charge in [0, 0.05) is 22.2 Å². The summed E-state index contributed by atoms with van der Waals surface area (Å²) >= 11 is 12.4. The molecular weight excluding hydrogens is 457 g/mol. The molecule has 2 heterocycles. The molecule has 162 valence electrons. The van der Waals surface area contributed by atoms with Crippen LogP contribution < -0.4 is 4.90 Å². The minimum atomic E-state index is -0.224. The van der Waals surface area contributed by atoms with Crippen LogP contribution in [0, 0.1) is 0 Å². The second-order valence-corrected chi connectivity index (χ2v) is 8.33. The number of hydrogen-bond donors (Lipinski definition) is 1. The molecule has 0 saturated heterocycles. The van der Waals surface area contributed by atoms with Crippen molar-refractivity contribution in [2.24, 2.45) is 0 Å². The average molecular weight is 474 g/mol. The summed E-state index contributed by atoms with van der Waals surface area (Å²) < 4.78 is 5.96. The summed E-state index contributed by atoms with van der Waals surface area (Å²) in [6.07, 6.45) is 3.51. The average Bonchev–Trinajstić information content (AvgIpc) is 3.41. The molecule has 0 atom stereocenters. The third-order valence-corrected chi connectivity index (χ3v) is 5.82. The minimum Gasteiger partial charge on any atom is -0.508 e. The van der Waals surface area contributed by atoms with Gasteiger partial charge in [0.1, 0.15) is 17.3 Å². The number of aromatic hydroxyl groups is 1. The number of benzene rings is 3. The van der Waals surface area contributed by atoms with E-state index in [9.17, 15) is 9.90 Å². The Balaban J connectivity index is 1.56. The summed E-state index contributed by atoms with van der Waals surface area (Å²) in [4.78, 5) is 15.0. The predicted molar refractivity (Wildman–Crippen MR) is 132 cm³/mol. The molecular formula is C27H17Cl2NO3. The number of anilines is 1. The summed E-state index contributed by atoms with van der Waals surface area (Å²) in [5.74, 6) is 0.917. The van der Waals surface area contributed by atoms with Crippen LogP contribution in [0.3, 0.4) is 0 Å². The van der Waals surface area contributed by atoms with E-state index >= 15 is 0 Å². The maximum Gasteiger partial charge on any atom is 0.263 e. The Hall–Kier alpha value is -3.73. The normalized spacial score (nSPS) is 14.7. The Kier molecular flexibility index (Phi) is 5.55. The molecule has 4 aromatic rings. The van der Waals surface area contributed by atoms with Gasteiger partial charge in [-0.25, -0.2) is 0 Å². The third kappa shape index (κ3) is 4.19. The first kappa shape index (κ1) is 21.1. The maximum absolute atomic E-state index is 13.4. The molecule has 5 rings (SSSR count). The summed E-state index contributed by atoms with van der Waals surface area (Å²) in [6, 6.07) is 24.9. The van der Waals surface area contributed by atoms with Gasteiger partial charge in [-0.15, -0.1) is 0 Å². The van der Waals surface area contributed by atoms with Crippen molar-refractivity contribution >= 4 is 46.6 Å². The van der Waals surface area contributed by atoms with Crippen molar-refractivity contribution in [1.29, 1.82) is 0 Å². The molecule has 0 unspecified atom stereocenters. The molecule has 3 aromatic carbocycles. The van der Waals surface area contributed by atoms with Crippen LogP contribution >= 0.6 is 23.2 Å². The predicted octanol–water partition coefficient (Wildman–Crippen LogP) is 7.43. The zero-order valence-corrected chi connectivity index (χ0v) is 18.7. The maximum atomic E-state index is 13.4. The quantitative estimate of drug-likeness (QED) is 0.313. The first-order valence-corrected chi connectivity index (χ1v) is 10.9. The highest BCUT2D eigenvalue weighted by atomic mass is 35.5. The van der Waals surface area contributed by atoms with E-state index in [0.29, 0.717) is 44.1 Å². The molecule has 0 radical (unpaired) electrons. The van der Waals surface area contributed by atoms with Gasteiger partial charge in [0.15, 0.2) is 0 Å². The highest BCUT2D eigenvalue weighted by molar-refractivity contribution is 6.35. The first-order valence-electron chi connectivity index (χ1n) is 10.2. The van der Waals surface area contributed by atoms with E-state index < -0.39 is 0 Å². The molecule has 0 saturated carbocycles. The fourth-order valence-corrected chi connectivity index (χ4v) is 4.12. The van der Waals surface area contributed by atoms with E-state index in [2.05, 4.69) is 0 Å². The zero-order chi connectivity index (χ0) is 22.9. The monoisotopic (exact) mass is 473 g/mol. The molecule has 1 aliphatic rings. The molecule has 1 amide bonds. The van der Waals surface area contributed by atoms with E-state index in [-0.39, 0.29) is 11.7 Å². The Morgan fingerprint density at radius 1 is 0.879 bits per heavy atom. The lowest BCUT2D eigenvalue weighted by atomic mass is 10.1. The van der Waals surface area contributed by atoms with Gasteiger partial charge in [-0.05, 0) is 60.2 Å². The Morgan fingerprint density at radius 2 is 1.70 bits per heavy atom. The van der Waals surface area contributed by atoms with Gasteiger partial charge in [0.05, 0.1) is 16.4 Å². The van der Waals surface area contributed by atoms with Crippen molar-refractivity contribution in [2.75, 3.05) is 4.90 Å². The molecule has 1 aromatic heterocycles. The lowest BCUT2D eigenvalue weighted by molar-refractivity contribution is -0.113. The Morgan fingerprint density at radius 3 is 2.48 bits per heavy atom. The summed E-state index contributed by atoms with van der Waals surface area (Å²) in [5.41, 5.74) is 3.29. The topological polar surface area (TPSA) is 53.7 Å². The molecule has 0 fully saturated rings.